The largest absolute Gasteiger partial charge is 0.481 e. The molecule has 0 aliphatic heterocycles. The lowest BCUT2D eigenvalue weighted by Crippen LogP contribution is -2.33. The molecule has 1 heterocycles. The second kappa shape index (κ2) is 5.75. The number of anilines is 1. The molecule has 15 heavy (non-hydrogen) atoms. The van der Waals surface area contributed by atoms with Crippen LogP contribution in [0.3, 0.4) is 0 Å². The number of ether oxygens (including phenoxy) is 1. The molecule has 0 atom stereocenters. The van der Waals surface area contributed by atoms with Gasteiger partial charge in [-0.3, -0.25) is 0 Å². The van der Waals surface area contributed by atoms with Gasteiger partial charge in [0.15, 0.2) is 0 Å². The van der Waals surface area contributed by atoms with Gasteiger partial charge in [0.05, 0.1) is 7.11 Å². The first-order chi connectivity index (χ1) is 7.19. The molecule has 84 valence electrons. The predicted molar refractivity (Wildman–Crippen MR) is 61.8 cm³/mol. The van der Waals surface area contributed by atoms with E-state index in [1.807, 2.05) is 6.07 Å². The molecule has 1 rings (SSSR count). The summed E-state index contributed by atoms with van der Waals surface area (Å²) < 4.78 is 5.05. The van der Waals surface area contributed by atoms with E-state index in [0.29, 0.717) is 17.8 Å². The number of halogens is 1. The van der Waals surface area contributed by atoms with Gasteiger partial charge >= 0.3 is 0 Å². The topological polar surface area (TPSA) is 38.2 Å². The third-order valence-corrected chi connectivity index (χ3v) is 2.25. The molecule has 4 nitrogen and oxygen atoms in total. The first kappa shape index (κ1) is 12.0. The summed E-state index contributed by atoms with van der Waals surface area (Å²) in [7, 11) is 1.59. The van der Waals surface area contributed by atoms with Crippen molar-refractivity contribution < 1.29 is 4.74 Å². The standard InChI is InChI=1S/C10H16ClN3O/c1-8(2)14(5-4-11)9-6-10(15-3)13-7-12-9/h6-8H,4-5H2,1-3H3. The van der Waals surface area contributed by atoms with E-state index in [0.717, 1.165) is 12.4 Å². The van der Waals surface area contributed by atoms with E-state index in [4.69, 9.17) is 16.3 Å². The Balaban J connectivity index is 2.89. The van der Waals surface area contributed by atoms with Crippen molar-refractivity contribution in [3.63, 3.8) is 0 Å². The highest BCUT2D eigenvalue weighted by Gasteiger charge is 2.11. The molecule has 0 aliphatic rings. The number of methoxy groups -OCH3 is 1. The summed E-state index contributed by atoms with van der Waals surface area (Å²) in [4.78, 5) is 10.3. The first-order valence-corrected chi connectivity index (χ1v) is 5.41. The fraction of sp³-hybridized carbons (Fsp3) is 0.600. The van der Waals surface area contributed by atoms with Gasteiger partial charge in [0.25, 0.3) is 0 Å². The maximum Gasteiger partial charge on any atom is 0.218 e. The minimum absolute atomic E-state index is 0.350. The first-order valence-electron chi connectivity index (χ1n) is 4.87. The Bertz CT molecular complexity index is 306. The summed E-state index contributed by atoms with van der Waals surface area (Å²) in [5.74, 6) is 1.99. The number of aromatic nitrogens is 2. The van der Waals surface area contributed by atoms with Crippen LogP contribution < -0.4 is 9.64 Å². The van der Waals surface area contributed by atoms with Crippen molar-refractivity contribution >= 4 is 17.4 Å². The monoisotopic (exact) mass is 229 g/mol. The summed E-state index contributed by atoms with van der Waals surface area (Å²) in [5, 5.41) is 0. The van der Waals surface area contributed by atoms with Gasteiger partial charge in [-0.05, 0) is 13.8 Å². The molecule has 0 saturated heterocycles. The van der Waals surface area contributed by atoms with Crippen LogP contribution in [-0.4, -0.2) is 35.5 Å². The predicted octanol–water partition coefficient (Wildman–Crippen LogP) is 1.94. The van der Waals surface area contributed by atoms with Crippen LogP contribution in [-0.2, 0) is 0 Å². The van der Waals surface area contributed by atoms with E-state index >= 15 is 0 Å². The van der Waals surface area contributed by atoms with E-state index in [9.17, 15) is 0 Å². The quantitative estimate of drug-likeness (QED) is 0.724. The minimum atomic E-state index is 0.350. The number of hydrogen-bond acceptors (Lipinski definition) is 4. The van der Waals surface area contributed by atoms with Crippen molar-refractivity contribution in [3.05, 3.63) is 12.4 Å². The lowest BCUT2D eigenvalue weighted by molar-refractivity contribution is 0.396. The van der Waals surface area contributed by atoms with Crippen molar-refractivity contribution in [2.75, 3.05) is 24.4 Å². The number of alkyl halides is 1. The molecule has 0 N–H and O–H groups in total. The summed E-state index contributed by atoms with van der Waals surface area (Å²) in [6, 6.07) is 2.16. The molecular formula is C10H16ClN3O. The highest BCUT2D eigenvalue weighted by atomic mass is 35.5. The van der Waals surface area contributed by atoms with E-state index in [2.05, 4.69) is 28.7 Å². The van der Waals surface area contributed by atoms with Gasteiger partial charge in [-0.25, -0.2) is 9.97 Å². The van der Waals surface area contributed by atoms with Gasteiger partial charge in [0.1, 0.15) is 12.1 Å². The van der Waals surface area contributed by atoms with Crippen LogP contribution in [0.15, 0.2) is 12.4 Å². The van der Waals surface area contributed by atoms with Gasteiger partial charge in [-0.15, -0.1) is 11.6 Å². The van der Waals surface area contributed by atoms with Crippen molar-refractivity contribution in [2.24, 2.45) is 0 Å². The number of hydrogen-bond donors (Lipinski definition) is 0. The molecule has 0 radical (unpaired) electrons. The summed E-state index contributed by atoms with van der Waals surface area (Å²) in [6.07, 6.45) is 1.50. The third kappa shape index (κ3) is 3.23. The number of rotatable bonds is 5. The second-order valence-electron chi connectivity index (χ2n) is 3.39. The minimum Gasteiger partial charge on any atom is -0.481 e. The molecule has 0 aromatic carbocycles. The Morgan fingerprint density at radius 2 is 2.20 bits per heavy atom. The smallest absolute Gasteiger partial charge is 0.218 e. The molecule has 0 bridgehead atoms. The molecule has 5 heteroatoms. The van der Waals surface area contributed by atoms with Gasteiger partial charge in [-0.1, -0.05) is 0 Å². The molecular weight excluding hydrogens is 214 g/mol. The Hall–Kier alpha value is -1.03. The molecule has 0 amide bonds. The fourth-order valence-electron chi connectivity index (χ4n) is 1.33. The fourth-order valence-corrected chi connectivity index (χ4v) is 1.51. The normalized spacial score (nSPS) is 10.5. The maximum atomic E-state index is 5.75. The summed E-state index contributed by atoms with van der Waals surface area (Å²) in [5.41, 5.74) is 0. The van der Waals surface area contributed by atoms with E-state index in [1.54, 1.807) is 7.11 Å². The van der Waals surface area contributed by atoms with E-state index < -0.39 is 0 Å². The van der Waals surface area contributed by atoms with Gasteiger partial charge in [0, 0.05) is 24.5 Å². The van der Waals surface area contributed by atoms with Crippen LogP contribution in [0.5, 0.6) is 5.88 Å². The Morgan fingerprint density at radius 1 is 1.47 bits per heavy atom. The average Bonchev–Trinajstić information content (AvgIpc) is 2.25. The SMILES string of the molecule is COc1cc(N(CCCl)C(C)C)ncn1. The van der Waals surface area contributed by atoms with Gasteiger partial charge in [0.2, 0.25) is 5.88 Å². The molecule has 0 fully saturated rings. The van der Waals surface area contributed by atoms with Crippen LogP contribution in [0.1, 0.15) is 13.8 Å². The molecule has 1 aromatic rings. The van der Waals surface area contributed by atoms with Crippen molar-refractivity contribution in [3.8, 4) is 5.88 Å². The zero-order valence-corrected chi connectivity index (χ0v) is 10.0. The van der Waals surface area contributed by atoms with Crippen LogP contribution in [0, 0.1) is 0 Å². The van der Waals surface area contributed by atoms with Crippen molar-refractivity contribution in [2.45, 2.75) is 19.9 Å². The van der Waals surface area contributed by atoms with E-state index in [1.165, 1.54) is 6.33 Å². The number of nitrogens with zero attached hydrogens (tertiary/aromatic N) is 3. The lowest BCUT2D eigenvalue weighted by Gasteiger charge is -2.26. The highest BCUT2D eigenvalue weighted by molar-refractivity contribution is 6.18. The average molecular weight is 230 g/mol. The summed E-state index contributed by atoms with van der Waals surface area (Å²) in [6.45, 7) is 4.96. The third-order valence-electron chi connectivity index (χ3n) is 2.08. The van der Waals surface area contributed by atoms with Crippen LogP contribution in [0.25, 0.3) is 0 Å². The van der Waals surface area contributed by atoms with Crippen molar-refractivity contribution in [1.29, 1.82) is 0 Å². The highest BCUT2D eigenvalue weighted by Crippen LogP contribution is 2.17. The lowest BCUT2D eigenvalue weighted by atomic mass is 10.3. The molecule has 0 saturated carbocycles. The van der Waals surface area contributed by atoms with Gasteiger partial charge < -0.3 is 9.64 Å². The Kier molecular flexibility index (Phi) is 4.62. The molecule has 0 unspecified atom stereocenters. The zero-order valence-electron chi connectivity index (χ0n) is 9.27. The second-order valence-corrected chi connectivity index (χ2v) is 3.77. The molecule has 1 aromatic heterocycles. The Morgan fingerprint density at radius 3 is 2.73 bits per heavy atom. The van der Waals surface area contributed by atoms with Crippen LogP contribution in [0.4, 0.5) is 5.82 Å². The summed E-state index contributed by atoms with van der Waals surface area (Å²) >= 11 is 5.75. The Labute approximate surface area is 95.2 Å². The van der Waals surface area contributed by atoms with Crippen LogP contribution >= 0.6 is 11.6 Å². The molecule has 0 aliphatic carbocycles. The van der Waals surface area contributed by atoms with Gasteiger partial charge in [-0.2, -0.15) is 0 Å². The maximum absolute atomic E-state index is 5.75. The zero-order chi connectivity index (χ0) is 11.3. The van der Waals surface area contributed by atoms with Crippen LogP contribution in [0.2, 0.25) is 0 Å². The van der Waals surface area contributed by atoms with Crippen molar-refractivity contribution in [1.82, 2.24) is 9.97 Å². The van der Waals surface area contributed by atoms with E-state index in [-0.39, 0.29) is 0 Å². The molecule has 0 spiro atoms.